The molecule has 0 N–H and O–H groups in total. The van der Waals surface area contributed by atoms with Crippen LogP contribution in [0.4, 0.5) is 0 Å². The Hall–Kier alpha value is -3.69. The first-order valence-electron chi connectivity index (χ1n) is 13.0. The van der Waals surface area contributed by atoms with Crippen LogP contribution in [0, 0.1) is 3.57 Å². The van der Waals surface area contributed by atoms with Gasteiger partial charge in [-0.25, -0.2) is 0 Å². The van der Waals surface area contributed by atoms with Crippen molar-refractivity contribution in [1.29, 1.82) is 0 Å². The molecule has 0 bridgehead atoms. The summed E-state index contributed by atoms with van der Waals surface area (Å²) in [5, 5.41) is 10.5. The number of rotatable bonds is 3. The molecule has 0 aliphatic carbocycles. The fraction of sp³-hybridized carbons (Fsp3) is 0.0811. The zero-order valence-electron chi connectivity index (χ0n) is 22.0. The molecule has 0 amide bonds. The molecule has 7 rings (SSSR count). The van der Waals surface area contributed by atoms with Crippen LogP contribution < -0.4 is 18.4 Å². The Labute approximate surface area is 228 Å². The summed E-state index contributed by atoms with van der Waals surface area (Å²) < 4.78 is 1.53. The van der Waals surface area contributed by atoms with E-state index in [2.05, 4.69) is 142 Å². The van der Waals surface area contributed by atoms with Gasteiger partial charge in [0.1, 0.15) is 0 Å². The van der Waals surface area contributed by atoms with Crippen molar-refractivity contribution in [3.63, 3.8) is 0 Å². The molecule has 0 saturated heterocycles. The van der Waals surface area contributed by atoms with Gasteiger partial charge in [-0.3, -0.25) is 0 Å². The number of fused-ring (bicyclic) bond motifs is 4. The predicted octanol–water partition coefficient (Wildman–Crippen LogP) is 6.85. The molecule has 0 saturated carbocycles. The van der Waals surface area contributed by atoms with E-state index in [0.717, 1.165) is 0 Å². The summed E-state index contributed by atoms with van der Waals surface area (Å²) in [7, 11) is 0. The van der Waals surface area contributed by atoms with E-state index < -0.39 is 18.4 Å². The Bertz CT molecular complexity index is 2000. The van der Waals surface area contributed by atoms with Gasteiger partial charge in [-0.15, -0.1) is 0 Å². The molecule has 0 atom stereocenters. The quantitative estimate of drug-likeness (QED) is 0.118. The van der Waals surface area contributed by atoms with Crippen molar-refractivity contribution in [2.75, 3.05) is 14.8 Å². The van der Waals surface area contributed by atoms with Gasteiger partial charge in [0.15, 0.2) is 0 Å². The molecular weight excluding hydrogens is 571 g/mol. The minimum absolute atomic E-state index is 1.28. The topological polar surface area (TPSA) is 0 Å². The number of benzene rings is 7. The summed E-state index contributed by atoms with van der Waals surface area (Å²) in [6.45, 7) is 0. The molecule has 0 aliphatic heterocycles. The van der Waals surface area contributed by atoms with Gasteiger partial charge in [0, 0.05) is 0 Å². The second-order valence-electron chi connectivity index (χ2n) is 10.7. The summed E-state index contributed by atoms with van der Waals surface area (Å²) in [6.07, 6.45) is 0. The van der Waals surface area contributed by atoms with Gasteiger partial charge in [0.05, 0.1) is 0 Å². The Balaban J connectivity index is 1.72. The Morgan fingerprint density at radius 3 is 1.32 bits per heavy atom. The number of alkyl halides is 3. The van der Waals surface area contributed by atoms with E-state index in [4.69, 9.17) is 0 Å². The molecule has 0 radical (unpaired) electrons. The third kappa shape index (κ3) is 3.72. The van der Waals surface area contributed by atoms with Crippen LogP contribution in [-0.4, -0.2) is 14.8 Å². The summed E-state index contributed by atoms with van der Waals surface area (Å²) in [5.74, 6) is 0. The summed E-state index contributed by atoms with van der Waals surface area (Å²) >= 11 is -2.01. The van der Waals surface area contributed by atoms with Gasteiger partial charge in [0.25, 0.3) is 0 Å². The van der Waals surface area contributed by atoms with Crippen LogP contribution in [0.1, 0.15) is 0 Å². The van der Waals surface area contributed by atoms with E-state index in [1.54, 1.807) is 0 Å². The van der Waals surface area contributed by atoms with Crippen LogP contribution in [0.2, 0.25) is 0 Å². The first kappa shape index (κ1) is 23.4. The van der Waals surface area contributed by atoms with E-state index in [1.807, 2.05) is 0 Å². The maximum absolute atomic E-state index is 2.53. The fourth-order valence-electron chi connectivity index (χ4n) is 5.97. The molecule has 0 nitrogen and oxygen atoms in total. The first-order valence-corrected chi connectivity index (χ1v) is 20.6. The summed E-state index contributed by atoms with van der Waals surface area (Å²) in [6, 6.07) is 47.4. The Morgan fingerprint density at radius 2 is 0.789 bits per heavy atom. The monoisotopic (exact) mass is 601 g/mol. The van der Waals surface area contributed by atoms with E-state index >= 15 is 0 Å². The standard InChI is InChI=1S/C37H30I/c1-38(2,3)27-22-23-34-35(24-27)37(31-21-11-15-26-13-5-7-17-29(26)31)33-19-9-8-18-32(33)36(34)30-20-10-14-25-12-4-6-16-28(25)30/h4-24H,1-3H3/q-1. The van der Waals surface area contributed by atoms with Crippen LogP contribution in [-0.2, 0) is 0 Å². The molecule has 7 aromatic rings. The van der Waals surface area contributed by atoms with Crippen molar-refractivity contribution in [3.8, 4) is 22.3 Å². The van der Waals surface area contributed by atoms with E-state index in [-0.39, 0.29) is 0 Å². The zero-order valence-corrected chi connectivity index (χ0v) is 24.2. The first-order chi connectivity index (χ1) is 18.5. The molecule has 0 heterocycles. The SMILES string of the molecule is C[I-](C)(C)c1ccc2c(-c3cccc4ccccc34)c3ccccc3c(-c3cccc4ccccc34)c2c1. The van der Waals surface area contributed by atoms with Crippen LogP contribution in [0.15, 0.2) is 127 Å². The van der Waals surface area contributed by atoms with E-state index in [9.17, 15) is 0 Å². The number of halogens is 1. The normalized spacial score (nSPS) is 12.5. The second-order valence-corrected chi connectivity index (χ2v) is 21.7. The molecule has 0 unspecified atom stereocenters. The fourth-order valence-corrected chi connectivity index (χ4v) is 8.47. The Kier molecular flexibility index (Phi) is 5.52. The van der Waals surface area contributed by atoms with Crippen molar-refractivity contribution in [2.45, 2.75) is 0 Å². The maximum atomic E-state index is 2.53. The molecule has 0 aromatic heterocycles. The zero-order chi connectivity index (χ0) is 25.9. The van der Waals surface area contributed by atoms with Crippen molar-refractivity contribution in [3.05, 3.63) is 131 Å². The summed E-state index contributed by atoms with van der Waals surface area (Å²) in [4.78, 5) is 7.45. The molecule has 0 aliphatic rings. The molecule has 0 fully saturated rings. The van der Waals surface area contributed by atoms with Crippen molar-refractivity contribution in [1.82, 2.24) is 0 Å². The molecule has 1 heteroatoms. The van der Waals surface area contributed by atoms with E-state index in [0.29, 0.717) is 0 Å². The van der Waals surface area contributed by atoms with Crippen LogP contribution in [0.25, 0.3) is 65.3 Å². The van der Waals surface area contributed by atoms with Gasteiger partial charge in [-0.1, -0.05) is 0 Å². The van der Waals surface area contributed by atoms with Gasteiger partial charge in [-0.05, 0) is 0 Å². The average molecular weight is 602 g/mol. The molecule has 7 aromatic carbocycles. The van der Waals surface area contributed by atoms with Gasteiger partial charge in [-0.2, -0.15) is 0 Å². The summed E-state index contributed by atoms with van der Waals surface area (Å²) in [5.41, 5.74) is 5.30. The Morgan fingerprint density at radius 1 is 0.368 bits per heavy atom. The van der Waals surface area contributed by atoms with Crippen molar-refractivity contribution in [2.24, 2.45) is 0 Å². The van der Waals surface area contributed by atoms with Crippen LogP contribution in [0.3, 0.4) is 0 Å². The van der Waals surface area contributed by atoms with Crippen molar-refractivity contribution >= 4 is 43.1 Å². The van der Waals surface area contributed by atoms with Gasteiger partial charge < -0.3 is 0 Å². The average Bonchev–Trinajstić information content (AvgIpc) is 2.95. The molecule has 0 spiro atoms. The van der Waals surface area contributed by atoms with Crippen LogP contribution >= 0.6 is 0 Å². The molecule has 38 heavy (non-hydrogen) atoms. The third-order valence-corrected chi connectivity index (χ3v) is 12.2. The molecular formula is C37H30I-. The predicted molar refractivity (Wildman–Crippen MR) is 164 cm³/mol. The van der Waals surface area contributed by atoms with Crippen LogP contribution in [0.5, 0.6) is 0 Å². The number of hydrogen-bond acceptors (Lipinski definition) is 0. The van der Waals surface area contributed by atoms with Gasteiger partial charge in [0.2, 0.25) is 0 Å². The minimum atomic E-state index is -2.01. The second kappa shape index (κ2) is 8.96. The molecule has 186 valence electrons. The number of hydrogen-bond donors (Lipinski definition) is 0. The van der Waals surface area contributed by atoms with Crippen molar-refractivity contribution < 1.29 is 18.4 Å². The third-order valence-electron chi connectivity index (χ3n) is 7.76. The van der Waals surface area contributed by atoms with Gasteiger partial charge >= 0.3 is 230 Å². The van der Waals surface area contributed by atoms with E-state index in [1.165, 1.54) is 68.9 Å².